The highest BCUT2D eigenvalue weighted by atomic mass is 79.9. The molecule has 0 saturated carbocycles. The number of nitrogens with zero attached hydrogens (tertiary/aromatic N) is 2. The zero-order chi connectivity index (χ0) is 25.6. The van der Waals surface area contributed by atoms with E-state index in [9.17, 15) is 4.79 Å². The Bertz CT molecular complexity index is 1490. The predicted octanol–water partition coefficient (Wildman–Crippen LogP) is 7.35. The molecule has 0 atom stereocenters. The highest BCUT2D eigenvalue weighted by Gasteiger charge is 2.14. The fraction of sp³-hybridized carbons (Fsp3) is 0.0323. The molecule has 0 radical (unpaired) electrons. The third kappa shape index (κ3) is 5.39. The molecule has 0 fully saturated rings. The molecule has 4 aromatic carbocycles. The number of carbonyl (C=O) groups is 1. The topological polar surface area (TPSA) is 55.6 Å². The Kier molecular flexibility index (Phi) is 7.28. The second-order valence-electron chi connectivity index (χ2n) is 8.31. The van der Waals surface area contributed by atoms with E-state index in [-0.39, 0.29) is 5.91 Å². The molecule has 1 aromatic heterocycles. The summed E-state index contributed by atoms with van der Waals surface area (Å²) in [5.74, 6) is 0.448. The number of nitrogens with one attached hydrogen (secondary N) is 1. The first kappa shape index (κ1) is 24.3. The first-order valence-electron chi connectivity index (χ1n) is 11.7. The summed E-state index contributed by atoms with van der Waals surface area (Å²) in [6, 6.07) is 37.9. The van der Waals surface area contributed by atoms with Crippen molar-refractivity contribution in [2.45, 2.75) is 0 Å². The van der Waals surface area contributed by atoms with E-state index in [4.69, 9.17) is 4.74 Å². The number of carbonyl (C=O) groups excluding carboxylic acids is 1. The lowest BCUT2D eigenvalue weighted by atomic mass is 10.1. The second-order valence-corrected chi connectivity index (χ2v) is 9.17. The third-order valence-electron chi connectivity index (χ3n) is 5.96. The van der Waals surface area contributed by atoms with Crippen molar-refractivity contribution >= 4 is 28.1 Å². The number of aromatic nitrogens is 1. The van der Waals surface area contributed by atoms with Crippen molar-refractivity contribution in [2.75, 3.05) is 7.11 Å². The Balaban J connectivity index is 1.40. The summed E-state index contributed by atoms with van der Waals surface area (Å²) < 4.78 is 8.27. The molecule has 0 aliphatic heterocycles. The van der Waals surface area contributed by atoms with Crippen LogP contribution < -0.4 is 10.2 Å². The summed E-state index contributed by atoms with van der Waals surface area (Å²) in [5, 5.41) is 4.10. The van der Waals surface area contributed by atoms with Gasteiger partial charge in [-0.25, -0.2) is 5.43 Å². The fourth-order valence-corrected chi connectivity index (χ4v) is 4.70. The number of halogens is 1. The van der Waals surface area contributed by atoms with E-state index in [0.29, 0.717) is 5.56 Å². The van der Waals surface area contributed by atoms with Gasteiger partial charge in [0.25, 0.3) is 5.91 Å². The second kappa shape index (κ2) is 11.1. The van der Waals surface area contributed by atoms with Gasteiger partial charge in [0, 0.05) is 11.3 Å². The lowest BCUT2D eigenvalue weighted by molar-refractivity contribution is 0.0955. The highest BCUT2D eigenvalue weighted by Crippen LogP contribution is 2.32. The molecule has 5 rings (SSSR count). The van der Waals surface area contributed by atoms with Crippen LogP contribution in [0.25, 0.3) is 28.2 Å². The van der Waals surface area contributed by atoms with Crippen LogP contribution in [0.4, 0.5) is 0 Å². The summed E-state index contributed by atoms with van der Waals surface area (Å²) in [4.78, 5) is 12.7. The summed E-state index contributed by atoms with van der Waals surface area (Å²) in [5.41, 5.74) is 9.30. The maximum Gasteiger partial charge on any atom is 0.271 e. The quantitative estimate of drug-likeness (QED) is 0.170. The molecule has 37 heavy (non-hydrogen) atoms. The summed E-state index contributed by atoms with van der Waals surface area (Å²) in [6.07, 6.45) is 1.59. The Morgan fingerprint density at radius 2 is 1.41 bits per heavy atom. The number of hydrazone groups is 1. The maximum absolute atomic E-state index is 12.7. The molecule has 5 aromatic rings. The van der Waals surface area contributed by atoms with Crippen LogP contribution in [0.2, 0.25) is 0 Å². The van der Waals surface area contributed by atoms with Crippen LogP contribution >= 0.6 is 15.9 Å². The highest BCUT2D eigenvalue weighted by molar-refractivity contribution is 9.10. The molecule has 0 bridgehead atoms. The monoisotopic (exact) mass is 549 g/mol. The SMILES string of the molecule is COc1ccc(/C=N\NC(=O)c2ccc(-n3c(-c4ccccc4)ccc3-c3ccccc3)cc2)cc1Br. The van der Waals surface area contributed by atoms with Gasteiger partial charge in [0.05, 0.1) is 29.2 Å². The van der Waals surface area contributed by atoms with Gasteiger partial charge >= 0.3 is 0 Å². The van der Waals surface area contributed by atoms with E-state index >= 15 is 0 Å². The molecular formula is C31H24BrN3O2. The van der Waals surface area contributed by atoms with Gasteiger partial charge in [0.2, 0.25) is 0 Å². The standard InChI is InChI=1S/C31H24BrN3O2/c1-37-30-19-12-22(20-27(30)32)21-33-34-31(36)25-13-15-26(16-14-25)35-28(23-8-4-2-5-9-23)17-18-29(35)24-10-6-3-7-11-24/h2-21H,1H3,(H,34,36)/b33-21-. The van der Waals surface area contributed by atoms with Gasteiger partial charge in [-0.15, -0.1) is 0 Å². The van der Waals surface area contributed by atoms with E-state index in [1.807, 2.05) is 78.9 Å². The smallest absolute Gasteiger partial charge is 0.271 e. The summed E-state index contributed by atoms with van der Waals surface area (Å²) in [7, 11) is 1.61. The molecule has 0 aliphatic carbocycles. The zero-order valence-corrected chi connectivity index (χ0v) is 21.7. The average molecular weight is 550 g/mol. The van der Waals surface area contributed by atoms with Crippen molar-refractivity contribution in [1.29, 1.82) is 0 Å². The number of ether oxygens (including phenoxy) is 1. The first-order valence-corrected chi connectivity index (χ1v) is 12.5. The third-order valence-corrected chi connectivity index (χ3v) is 6.58. The van der Waals surface area contributed by atoms with E-state index < -0.39 is 0 Å². The van der Waals surface area contributed by atoms with Gasteiger partial charge < -0.3 is 9.30 Å². The minimum atomic E-state index is -0.283. The zero-order valence-electron chi connectivity index (χ0n) is 20.1. The lowest BCUT2D eigenvalue weighted by Crippen LogP contribution is -2.17. The number of rotatable bonds is 7. The molecule has 6 heteroatoms. The van der Waals surface area contributed by atoms with Gasteiger partial charge in [0.1, 0.15) is 5.75 Å². The predicted molar refractivity (Wildman–Crippen MR) is 152 cm³/mol. The summed E-state index contributed by atoms with van der Waals surface area (Å²) in [6.45, 7) is 0. The molecule has 5 nitrogen and oxygen atoms in total. The van der Waals surface area contributed by atoms with Crippen LogP contribution in [0.1, 0.15) is 15.9 Å². The Morgan fingerprint density at radius 1 is 0.811 bits per heavy atom. The Morgan fingerprint density at radius 3 is 1.95 bits per heavy atom. The lowest BCUT2D eigenvalue weighted by Gasteiger charge is -2.15. The number of benzene rings is 4. The summed E-state index contributed by atoms with van der Waals surface area (Å²) >= 11 is 3.45. The number of hydrogen-bond donors (Lipinski definition) is 1. The van der Waals surface area contributed by atoms with Crippen LogP contribution in [0.3, 0.4) is 0 Å². The van der Waals surface area contributed by atoms with Crippen molar-refractivity contribution in [2.24, 2.45) is 5.10 Å². The van der Waals surface area contributed by atoms with Gasteiger partial charge in [0.15, 0.2) is 0 Å². The van der Waals surface area contributed by atoms with E-state index in [0.717, 1.165) is 44.0 Å². The largest absolute Gasteiger partial charge is 0.496 e. The van der Waals surface area contributed by atoms with Crippen LogP contribution in [0, 0.1) is 0 Å². The van der Waals surface area contributed by atoms with Crippen LogP contribution in [-0.4, -0.2) is 23.8 Å². The molecule has 1 amide bonds. The minimum absolute atomic E-state index is 0.283. The van der Waals surface area contributed by atoms with Gasteiger partial charge in [-0.1, -0.05) is 60.7 Å². The van der Waals surface area contributed by atoms with Crippen molar-refractivity contribution in [3.63, 3.8) is 0 Å². The van der Waals surface area contributed by atoms with Gasteiger partial charge in [-0.2, -0.15) is 5.10 Å². The van der Waals surface area contributed by atoms with Gasteiger partial charge in [-0.3, -0.25) is 4.79 Å². The molecule has 0 unspecified atom stereocenters. The van der Waals surface area contributed by atoms with Crippen molar-refractivity contribution in [3.8, 4) is 34.0 Å². The molecule has 0 spiro atoms. The molecule has 0 saturated heterocycles. The van der Waals surface area contributed by atoms with Crippen molar-refractivity contribution < 1.29 is 9.53 Å². The molecule has 182 valence electrons. The normalized spacial score (nSPS) is 11.0. The number of amides is 1. The Hall–Kier alpha value is -4.42. The first-order chi connectivity index (χ1) is 18.1. The molecule has 1 N–H and O–H groups in total. The van der Waals surface area contributed by atoms with Crippen molar-refractivity contribution in [1.82, 2.24) is 9.99 Å². The maximum atomic E-state index is 12.7. The Labute approximate surface area is 224 Å². The molecular weight excluding hydrogens is 526 g/mol. The van der Waals surface area contributed by atoms with Gasteiger partial charge in [-0.05, 0) is 87.2 Å². The van der Waals surface area contributed by atoms with Crippen LogP contribution in [0.5, 0.6) is 5.75 Å². The molecule has 0 aliphatic rings. The van der Waals surface area contributed by atoms with Crippen LogP contribution in [0.15, 0.2) is 125 Å². The molecule has 1 heterocycles. The number of methoxy groups -OCH3 is 1. The van der Waals surface area contributed by atoms with Crippen LogP contribution in [-0.2, 0) is 0 Å². The average Bonchev–Trinajstić information content (AvgIpc) is 3.39. The number of hydrogen-bond acceptors (Lipinski definition) is 3. The fourth-order valence-electron chi connectivity index (χ4n) is 4.14. The van der Waals surface area contributed by atoms with E-state index in [1.54, 1.807) is 13.3 Å². The van der Waals surface area contributed by atoms with Crippen molar-refractivity contribution in [3.05, 3.63) is 131 Å². The van der Waals surface area contributed by atoms with E-state index in [1.165, 1.54) is 0 Å². The minimum Gasteiger partial charge on any atom is -0.496 e. The van der Waals surface area contributed by atoms with E-state index in [2.05, 4.69) is 67.4 Å².